The van der Waals surface area contributed by atoms with Crippen LogP contribution in [0.4, 0.5) is 0 Å². The first-order valence-corrected chi connectivity index (χ1v) is 8.44. The Morgan fingerprint density at radius 3 is 1.44 bits per heavy atom. The standard InChI is InChI=1S/C17H37N/c1-4-5-6-7-8-9-10-11-12-13-14-15-17(18)16(2)3/h16-17H,4-15,18H2,1-3H3. The van der Waals surface area contributed by atoms with Gasteiger partial charge in [0, 0.05) is 6.04 Å². The first-order chi connectivity index (χ1) is 8.68. The van der Waals surface area contributed by atoms with Crippen molar-refractivity contribution in [3.05, 3.63) is 0 Å². The molecule has 0 rings (SSSR count). The van der Waals surface area contributed by atoms with Crippen molar-refractivity contribution in [2.24, 2.45) is 11.7 Å². The van der Waals surface area contributed by atoms with Crippen molar-refractivity contribution in [2.45, 2.75) is 104 Å². The fourth-order valence-electron chi connectivity index (χ4n) is 2.38. The molecule has 1 nitrogen and oxygen atoms in total. The highest BCUT2D eigenvalue weighted by atomic mass is 14.6. The number of rotatable bonds is 13. The highest BCUT2D eigenvalue weighted by Gasteiger charge is 2.05. The summed E-state index contributed by atoms with van der Waals surface area (Å²) in [5.74, 6) is 0.646. The van der Waals surface area contributed by atoms with E-state index in [1.165, 1.54) is 77.0 Å². The Morgan fingerprint density at radius 2 is 1.06 bits per heavy atom. The van der Waals surface area contributed by atoms with Crippen LogP contribution in [0.3, 0.4) is 0 Å². The Labute approximate surface area is 116 Å². The van der Waals surface area contributed by atoms with Crippen LogP contribution in [0.1, 0.15) is 97.8 Å². The van der Waals surface area contributed by atoms with Crippen molar-refractivity contribution in [3.63, 3.8) is 0 Å². The summed E-state index contributed by atoms with van der Waals surface area (Å²) < 4.78 is 0. The summed E-state index contributed by atoms with van der Waals surface area (Å²) >= 11 is 0. The predicted octanol–water partition coefficient (Wildman–Crippen LogP) is 5.67. The molecule has 110 valence electrons. The SMILES string of the molecule is CCCCCCCCCCCCCC(N)C(C)C. The summed E-state index contributed by atoms with van der Waals surface area (Å²) in [4.78, 5) is 0. The van der Waals surface area contributed by atoms with Crippen LogP contribution in [-0.2, 0) is 0 Å². The molecule has 1 heteroatoms. The van der Waals surface area contributed by atoms with E-state index in [1.807, 2.05) is 0 Å². The van der Waals surface area contributed by atoms with Gasteiger partial charge >= 0.3 is 0 Å². The largest absolute Gasteiger partial charge is 0.327 e. The van der Waals surface area contributed by atoms with Gasteiger partial charge in [-0.2, -0.15) is 0 Å². The van der Waals surface area contributed by atoms with E-state index >= 15 is 0 Å². The third kappa shape index (κ3) is 12.4. The second kappa shape index (κ2) is 13.4. The van der Waals surface area contributed by atoms with Gasteiger partial charge in [-0.05, 0) is 12.3 Å². The van der Waals surface area contributed by atoms with Gasteiger partial charge in [0.15, 0.2) is 0 Å². The van der Waals surface area contributed by atoms with Gasteiger partial charge in [0.2, 0.25) is 0 Å². The minimum absolute atomic E-state index is 0.420. The van der Waals surface area contributed by atoms with E-state index in [9.17, 15) is 0 Å². The summed E-state index contributed by atoms with van der Waals surface area (Å²) in [5.41, 5.74) is 6.04. The van der Waals surface area contributed by atoms with Crippen molar-refractivity contribution in [2.75, 3.05) is 0 Å². The molecule has 0 saturated carbocycles. The third-order valence-corrected chi connectivity index (χ3v) is 4.00. The lowest BCUT2D eigenvalue weighted by Gasteiger charge is -2.14. The predicted molar refractivity (Wildman–Crippen MR) is 83.9 cm³/mol. The zero-order chi connectivity index (χ0) is 13.6. The third-order valence-electron chi connectivity index (χ3n) is 4.00. The van der Waals surface area contributed by atoms with Crippen molar-refractivity contribution in [1.82, 2.24) is 0 Å². The second-order valence-corrected chi connectivity index (χ2v) is 6.23. The monoisotopic (exact) mass is 255 g/mol. The summed E-state index contributed by atoms with van der Waals surface area (Å²) in [6.07, 6.45) is 16.8. The lowest BCUT2D eigenvalue weighted by Crippen LogP contribution is -2.25. The summed E-state index contributed by atoms with van der Waals surface area (Å²) in [7, 11) is 0. The van der Waals surface area contributed by atoms with Gasteiger partial charge in [-0.1, -0.05) is 91.4 Å². The molecule has 0 aliphatic rings. The maximum Gasteiger partial charge on any atom is 0.00618 e. The first kappa shape index (κ1) is 18.0. The van der Waals surface area contributed by atoms with Crippen molar-refractivity contribution in [1.29, 1.82) is 0 Å². The lowest BCUT2D eigenvalue weighted by atomic mass is 9.98. The average Bonchev–Trinajstić information content (AvgIpc) is 2.35. The zero-order valence-corrected chi connectivity index (χ0v) is 13.2. The Hall–Kier alpha value is -0.0400. The van der Waals surface area contributed by atoms with E-state index in [2.05, 4.69) is 20.8 Å². The van der Waals surface area contributed by atoms with E-state index in [4.69, 9.17) is 5.73 Å². The molecule has 1 unspecified atom stereocenters. The molecule has 0 saturated heterocycles. The Kier molecular flexibility index (Phi) is 13.4. The highest BCUT2D eigenvalue weighted by molar-refractivity contribution is 4.64. The van der Waals surface area contributed by atoms with Gasteiger partial charge in [-0.25, -0.2) is 0 Å². The van der Waals surface area contributed by atoms with Crippen LogP contribution in [0.2, 0.25) is 0 Å². The van der Waals surface area contributed by atoms with Crippen LogP contribution in [-0.4, -0.2) is 6.04 Å². The molecule has 18 heavy (non-hydrogen) atoms. The molecule has 2 N–H and O–H groups in total. The molecule has 0 radical (unpaired) electrons. The number of hydrogen-bond donors (Lipinski definition) is 1. The van der Waals surface area contributed by atoms with Crippen molar-refractivity contribution >= 4 is 0 Å². The van der Waals surface area contributed by atoms with Gasteiger partial charge < -0.3 is 5.73 Å². The maximum atomic E-state index is 6.04. The molecule has 0 aromatic rings. The molecular formula is C17H37N. The summed E-state index contributed by atoms with van der Waals surface area (Å²) in [6, 6.07) is 0.420. The molecule has 0 aliphatic carbocycles. The van der Waals surface area contributed by atoms with Crippen molar-refractivity contribution < 1.29 is 0 Å². The molecule has 0 amide bonds. The van der Waals surface area contributed by atoms with Crippen LogP contribution in [0, 0.1) is 5.92 Å². The molecular weight excluding hydrogens is 218 g/mol. The maximum absolute atomic E-state index is 6.04. The zero-order valence-electron chi connectivity index (χ0n) is 13.2. The molecule has 0 heterocycles. The quantitative estimate of drug-likeness (QED) is 0.421. The van der Waals surface area contributed by atoms with Gasteiger partial charge in [-0.3, -0.25) is 0 Å². The Morgan fingerprint density at radius 1 is 0.667 bits per heavy atom. The van der Waals surface area contributed by atoms with Gasteiger partial charge in [0.05, 0.1) is 0 Å². The van der Waals surface area contributed by atoms with Crippen LogP contribution in [0.15, 0.2) is 0 Å². The second-order valence-electron chi connectivity index (χ2n) is 6.23. The van der Waals surface area contributed by atoms with E-state index in [0.29, 0.717) is 12.0 Å². The van der Waals surface area contributed by atoms with Gasteiger partial charge in [0.25, 0.3) is 0 Å². The summed E-state index contributed by atoms with van der Waals surface area (Å²) in [5, 5.41) is 0. The molecule has 0 aromatic heterocycles. The Balaban J connectivity index is 3.03. The molecule has 0 aromatic carbocycles. The smallest absolute Gasteiger partial charge is 0.00618 e. The number of hydrogen-bond acceptors (Lipinski definition) is 1. The summed E-state index contributed by atoms with van der Waals surface area (Å²) in [6.45, 7) is 6.73. The van der Waals surface area contributed by atoms with E-state index in [0.717, 1.165) is 0 Å². The highest BCUT2D eigenvalue weighted by Crippen LogP contribution is 2.13. The minimum Gasteiger partial charge on any atom is -0.327 e. The van der Waals surface area contributed by atoms with E-state index < -0.39 is 0 Å². The first-order valence-electron chi connectivity index (χ1n) is 8.44. The molecule has 0 aliphatic heterocycles. The molecule has 1 atom stereocenters. The fraction of sp³-hybridized carbons (Fsp3) is 1.00. The van der Waals surface area contributed by atoms with Crippen molar-refractivity contribution in [3.8, 4) is 0 Å². The topological polar surface area (TPSA) is 26.0 Å². The van der Waals surface area contributed by atoms with E-state index in [1.54, 1.807) is 0 Å². The number of unbranched alkanes of at least 4 members (excludes halogenated alkanes) is 10. The Bertz CT molecular complexity index is 154. The minimum atomic E-state index is 0.420. The average molecular weight is 255 g/mol. The molecule has 0 fully saturated rings. The normalized spacial score (nSPS) is 13.2. The van der Waals surface area contributed by atoms with Crippen LogP contribution < -0.4 is 5.73 Å². The van der Waals surface area contributed by atoms with Crippen LogP contribution >= 0.6 is 0 Å². The molecule has 0 bridgehead atoms. The lowest BCUT2D eigenvalue weighted by molar-refractivity contribution is 0.438. The van der Waals surface area contributed by atoms with Gasteiger partial charge in [0.1, 0.15) is 0 Å². The van der Waals surface area contributed by atoms with Crippen LogP contribution in [0.5, 0.6) is 0 Å². The van der Waals surface area contributed by atoms with Crippen LogP contribution in [0.25, 0.3) is 0 Å². The fourth-order valence-corrected chi connectivity index (χ4v) is 2.38. The van der Waals surface area contributed by atoms with Gasteiger partial charge in [-0.15, -0.1) is 0 Å². The number of nitrogens with two attached hydrogens (primary N) is 1. The molecule has 0 spiro atoms. The van der Waals surface area contributed by atoms with E-state index in [-0.39, 0.29) is 0 Å².